The fraction of sp³-hybridized carbons (Fsp3) is 0.412. The fourth-order valence-electron chi connectivity index (χ4n) is 2.45. The summed E-state index contributed by atoms with van der Waals surface area (Å²) in [5.41, 5.74) is 0.484. The predicted octanol–water partition coefficient (Wildman–Crippen LogP) is 1.31. The molecule has 1 aliphatic rings. The highest BCUT2D eigenvalue weighted by Crippen LogP contribution is 2.28. The first kappa shape index (κ1) is 20.3. The second kappa shape index (κ2) is 9.05. The van der Waals surface area contributed by atoms with E-state index >= 15 is 0 Å². The minimum atomic E-state index is -0.454. The zero-order chi connectivity index (χ0) is 19.3. The number of halogens is 1. The van der Waals surface area contributed by atoms with Gasteiger partial charge in [-0.05, 0) is 26.0 Å². The number of benzene rings is 1. The van der Waals surface area contributed by atoms with Gasteiger partial charge in [-0.15, -0.1) is 11.8 Å². The monoisotopic (exact) mass is 397 g/mol. The first-order chi connectivity index (χ1) is 12.3. The summed E-state index contributed by atoms with van der Waals surface area (Å²) in [6.45, 7) is 3.93. The van der Waals surface area contributed by atoms with Crippen molar-refractivity contribution in [3.05, 3.63) is 34.3 Å². The topological polar surface area (TPSA) is 95.6 Å². The molecule has 0 saturated carbocycles. The van der Waals surface area contributed by atoms with E-state index in [1.165, 1.54) is 11.8 Å². The van der Waals surface area contributed by atoms with Gasteiger partial charge in [-0.1, -0.05) is 17.7 Å². The Morgan fingerprint density at radius 3 is 2.50 bits per heavy atom. The van der Waals surface area contributed by atoms with Crippen LogP contribution in [0.15, 0.2) is 18.2 Å². The first-order valence-corrected chi connectivity index (χ1v) is 9.63. The van der Waals surface area contributed by atoms with Crippen LogP contribution in [0.4, 0.5) is 0 Å². The predicted molar refractivity (Wildman–Crippen MR) is 100 cm³/mol. The fourth-order valence-corrected chi connectivity index (χ4v) is 3.37. The highest BCUT2D eigenvalue weighted by molar-refractivity contribution is 8.00. The molecule has 0 aromatic heterocycles. The Balaban J connectivity index is 1.74. The Kier molecular flexibility index (Phi) is 7.05. The van der Waals surface area contributed by atoms with Crippen molar-refractivity contribution < 1.29 is 19.2 Å². The summed E-state index contributed by atoms with van der Waals surface area (Å²) in [6, 6.07) is 4.79. The number of amides is 4. The van der Waals surface area contributed by atoms with Crippen molar-refractivity contribution in [2.45, 2.75) is 19.9 Å². The zero-order valence-electron chi connectivity index (χ0n) is 14.5. The molecule has 2 N–H and O–H groups in total. The van der Waals surface area contributed by atoms with Crippen molar-refractivity contribution in [3.63, 3.8) is 0 Å². The summed E-state index contributed by atoms with van der Waals surface area (Å²) >= 11 is 7.19. The van der Waals surface area contributed by atoms with E-state index in [2.05, 4.69) is 10.6 Å². The highest BCUT2D eigenvalue weighted by atomic mass is 35.5. The van der Waals surface area contributed by atoms with Crippen LogP contribution >= 0.6 is 23.4 Å². The third-order valence-corrected chi connectivity index (χ3v) is 4.77. The van der Waals surface area contributed by atoms with Crippen LogP contribution < -0.4 is 10.6 Å². The molecule has 0 unspecified atom stereocenters. The number of nitrogens with zero attached hydrogens (tertiary/aromatic N) is 1. The first-order valence-electron chi connectivity index (χ1n) is 8.09. The molecule has 9 heteroatoms. The Morgan fingerprint density at radius 1 is 1.15 bits per heavy atom. The quantitative estimate of drug-likeness (QED) is 0.645. The molecule has 26 heavy (non-hydrogen) atoms. The van der Waals surface area contributed by atoms with Gasteiger partial charge in [-0.3, -0.25) is 24.1 Å². The van der Waals surface area contributed by atoms with Gasteiger partial charge >= 0.3 is 0 Å². The average Bonchev–Trinajstić information content (AvgIpc) is 2.80. The van der Waals surface area contributed by atoms with Crippen LogP contribution in [0.3, 0.4) is 0 Å². The molecule has 0 spiro atoms. The van der Waals surface area contributed by atoms with Crippen LogP contribution in [0, 0.1) is 0 Å². The number of imide groups is 1. The van der Waals surface area contributed by atoms with Crippen molar-refractivity contribution in [1.29, 1.82) is 0 Å². The summed E-state index contributed by atoms with van der Waals surface area (Å²) in [7, 11) is 0. The third kappa shape index (κ3) is 4.98. The molecular weight excluding hydrogens is 378 g/mol. The Bertz CT molecular complexity index is 739. The summed E-state index contributed by atoms with van der Waals surface area (Å²) < 4.78 is 0. The maximum atomic E-state index is 12.3. The summed E-state index contributed by atoms with van der Waals surface area (Å²) in [4.78, 5) is 48.9. The molecule has 7 nitrogen and oxygen atoms in total. The number of rotatable bonds is 8. The molecule has 1 aromatic carbocycles. The van der Waals surface area contributed by atoms with Crippen molar-refractivity contribution in [2.24, 2.45) is 0 Å². The lowest BCUT2D eigenvalue weighted by atomic mass is 10.1. The highest BCUT2D eigenvalue weighted by Gasteiger charge is 2.36. The van der Waals surface area contributed by atoms with Crippen LogP contribution in [0.1, 0.15) is 34.6 Å². The Labute approximate surface area is 160 Å². The van der Waals surface area contributed by atoms with Crippen molar-refractivity contribution in [3.8, 4) is 0 Å². The number of carbonyl (C=O) groups excluding carboxylic acids is 4. The van der Waals surface area contributed by atoms with Gasteiger partial charge in [0.25, 0.3) is 11.8 Å². The molecule has 0 bridgehead atoms. The summed E-state index contributed by atoms with van der Waals surface area (Å²) in [6.07, 6.45) is 0. The maximum absolute atomic E-state index is 12.3. The van der Waals surface area contributed by atoms with E-state index in [-0.39, 0.29) is 58.6 Å². The molecule has 1 heterocycles. The molecule has 1 aliphatic heterocycles. The van der Waals surface area contributed by atoms with Gasteiger partial charge < -0.3 is 10.6 Å². The SMILES string of the molecule is CC(C)NC(=O)CSCC(=O)NCCN1C(=O)c2cccc(Cl)c2C1=O. The number of hydrogen-bond acceptors (Lipinski definition) is 5. The number of fused-ring (bicyclic) bond motifs is 1. The molecule has 0 fully saturated rings. The van der Waals surface area contributed by atoms with Crippen LogP contribution in [0.2, 0.25) is 5.02 Å². The lowest BCUT2D eigenvalue weighted by molar-refractivity contribution is -0.119. The van der Waals surface area contributed by atoms with E-state index in [1.807, 2.05) is 13.8 Å². The second-order valence-electron chi connectivity index (χ2n) is 5.99. The van der Waals surface area contributed by atoms with Gasteiger partial charge in [-0.2, -0.15) is 0 Å². The number of hydrogen-bond donors (Lipinski definition) is 2. The van der Waals surface area contributed by atoms with Crippen molar-refractivity contribution in [1.82, 2.24) is 15.5 Å². The summed E-state index contributed by atoms with van der Waals surface area (Å²) in [5.74, 6) is -0.934. The van der Waals surface area contributed by atoms with E-state index in [1.54, 1.807) is 18.2 Å². The van der Waals surface area contributed by atoms with Gasteiger partial charge in [0.1, 0.15) is 0 Å². The van der Waals surface area contributed by atoms with Crippen molar-refractivity contribution in [2.75, 3.05) is 24.6 Å². The Morgan fingerprint density at radius 2 is 1.85 bits per heavy atom. The molecule has 0 radical (unpaired) electrons. The molecule has 140 valence electrons. The molecular formula is C17H20ClN3O4S. The smallest absolute Gasteiger partial charge is 0.263 e. The van der Waals surface area contributed by atoms with Gasteiger partial charge in [0, 0.05) is 19.1 Å². The number of nitrogens with one attached hydrogen (secondary N) is 2. The molecule has 0 saturated heterocycles. The van der Waals surface area contributed by atoms with Crippen LogP contribution in [0.5, 0.6) is 0 Å². The molecule has 0 aliphatic carbocycles. The molecule has 4 amide bonds. The van der Waals surface area contributed by atoms with Gasteiger partial charge in [0.15, 0.2) is 0 Å². The number of carbonyl (C=O) groups is 4. The third-order valence-electron chi connectivity index (χ3n) is 3.52. The normalized spacial score (nSPS) is 13.2. The summed E-state index contributed by atoms with van der Waals surface area (Å²) in [5, 5.41) is 5.61. The average molecular weight is 398 g/mol. The maximum Gasteiger partial charge on any atom is 0.263 e. The second-order valence-corrected chi connectivity index (χ2v) is 7.38. The van der Waals surface area contributed by atoms with E-state index in [9.17, 15) is 19.2 Å². The van der Waals surface area contributed by atoms with E-state index < -0.39 is 11.8 Å². The molecule has 1 aromatic rings. The lowest BCUT2D eigenvalue weighted by Crippen LogP contribution is -2.38. The van der Waals surface area contributed by atoms with Crippen LogP contribution in [-0.4, -0.2) is 59.2 Å². The zero-order valence-corrected chi connectivity index (χ0v) is 16.1. The standard InChI is InChI=1S/C17H20ClN3O4S/c1-10(2)20-14(23)9-26-8-13(22)19-6-7-21-16(24)11-4-3-5-12(18)15(11)17(21)25/h3-5,10H,6-9H2,1-2H3,(H,19,22)(H,20,23). The van der Waals surface area contributed by atoms with Crippen LogP contribution in [0.25, 0.3) is 0 Å². The minimum Gasteiger partial charge on any atom is -0.354 e. The van der Waals surface area contributed by atoms with Crippen molar-refractivity contribution >= 4 is 47.0 Å². The van der Waals surface area contributed by atoms with Gasteiger partial charge in [-0.25, -0.2) is 0 Å². The largest absolute Gasteiger partial charge is 0.354 e. The minimum absolute atomic E-state index is 0.0603. The lowest BCUT2D eigenvalue weighted by Gasteiger charge is -2.14. The van der Waals surface area contributed by atoms with Gasteiger partial charge in [0.05, 0.1) is 27.7 Å². The van der Waals surface area contributed by atoms with E-state index in [0.29, 0.717) is 0 Å². The van der Waals surface area contributed by atoms with E-state index in [4.69, 9.17) is 11.6 Å². The van der Waals surface area contributed by atoms with Gasteiger partial charge in [0.2, 0.25) is 11.8 Å². The van der Waals surface area contributed by atoms with Crippen LogP contribution in [-0.2, 0) is 9.59 Å². The molecule has 2 rings (SSSR count). The number of thioether (sulfide) groups is 1. The molecule has 0 atom stereocenters. The van der Waals surface area contributed by atoms with E-state index in [0.717, 1.165) is 4.90 Å². The Hall–Kier alpha value is -2.06.